The largest absolute Gasteiger partial charge is 0.478 e. The molecule has 1 saturated heterocycles. The molecule has 30 heavy (non-hydrogen) atoms. The molecule has 0 bridgehead atoms. The van der Waals surface area contributed by atoms with E-state index in [1.54, 1.807) is 11.6 Å². The number of aryl methyl sites for hydroxylation is 1. The van der Waals surface area contributed by atoms with Crippen LogP contribution >= 0.6 is 11.3 Å². The monoisotopic (exact) mass is 424 g/mol. The minimum atomic E-state index is -1.14. The molecule has 0 atom stereocenters. The number of rotatable bonds is 5. The van der Waals surface area contributed by atoms with Gasteiger partial charge in [-0.25, -0.2) is 19.7 Å². The summed E-state index contributed by atoms with van der Waals surface area (Å²) < 4.78 is 0. The highest BCUT2D eigenvalue weighted by molar-refractivity contribution is 7.14. The van der Waals surface area contributed by atoms with E-state index in [4.69, 9.17) is 0 Å². The molecule has 0 unspecified atom stereocenters. The lowest BCUT2D eigenvalue weighted by Gasteiger charge is -2.26. The molecule has 0 aromatic carbocycles. The smallest absolute Gasteiger partial charge is 0.339 e. The van der Waals surface area contributed by atoms with Crippen molar-refractivity contribution in [1.29, 1.82) is 0 Å². The number of hydrogen-bond acceptors (Lipinski definition) is 8. The quantitative estimate of drug-likeness (QED) is 0.640. The van der Waals surface area contributed by atoms with E-state index in [2.05, 4.69) is 30.2 Å². The summed E-state index contributed by atoms with van der Waals surface area (Å²) in [5, 5.41) is 14.0. The first-order valence-corrected chi connectivity index (χ1v) is 10.4. The van der Waals surface area contributed by atoms with Crippen LogP contribution in [0.2, 0.25) is 0 Å². The Bertz CT molecular complexity index is 1080. The second-order valence-corrected chi connectivity index (χ2v) is 7.80. The fourth-order valence-electron chi connectivity index (χ4n) is 3.39. The second kappa shape index (κ2) is 8.54. The Morgan fingerprint density at radius 1 is 1.13 bits per heavy atom. The van der Waals surface area contributed by atoms with Crippen LogP contribution in [0.3, 0.4) is 0 Å². The Hall–Kier alpha value is -3.40. The van der Waals surface area contributed by atoms with E-state index >= 15 is 0 Å². The van der Waals surface area contributed by atoms with Gasteiger partial charge in [-0.2, -0.15) is 0 Å². The van der Waals surface area contributed by atoms with Gasteiger partial charge < -0.3 is 15.3 Å². The lowest BCUT2D eigenvalue weighted by Crippen LogP contribution is -2.31. The zero-order valence-corrected chi connectivity index (χ0v) is 17.1. The number of aromatic nitrogens is 4. The summed E-state index contributed by atoms with van der Waals surface area (Å²) in [6.07, 6.45) is 9.29. The van der Waals surface area contributed by atoms with Crippen molar-refractivity contribution in [2.24, 2.45) is 0 Å². The molecule has 154 valence electrons. The molecular weight excluding hydrogens is 404 g/mol. The Morgan fingerprint density at radius 3 is 2.60 bits per heavy atom. The van der Waals surface area contributed by atoms with E-state index < -0.39 is 11.9 Å². The van der Waals surface area contributed by atoms with Crippen LogP contribution in [0, 0.1) is 6.92 Å². The number of carbonyl (C=O) groups excluding carboxylic acids is 1. The van der Waals surface area contributed by atoms with Crippen molar-refractivity contribution < 1.29 is 14.7 Å². The molecule has 0 spiro atoms. The van der Waals surface area contributed by atoms with E-state index in [9.17, 15) is 14.7 Å². The Kier molecular flexibility index (Phi) is 5.66. The van der Waals surface area contributed by atoms with Crippen LogP contribution in [-0.2, 0) is 0 Å². The molecule has 4 rings (SSSR count). The van der Waals surface area contributed by atoms with Gasteiger partial charge in [-0.05, 0) is 26.2 Å². The number of amides is 1. The van der Waals surface area contributed by atoms with Crippen molar-refractivity contribution in [2.45, 2.75) is 26.2 Å². The average Bonchev–Trinajstić information content (AvgIpc) is 3.18. The van der Waals surface area contributed by atoms with Gasteiger partial charge in [0, 0.05) is 42.6 Å². The molecule has 10 heteroatoms. The van der Waals surface area contributed by atoms with E-state index in [1.807, 2.05) is 6.92 Å². The van der Waals surface area contributed by atoms with Crippen molar-refractivity contribution in [3.63, 3.8) is 0 Å². The minimum absolute atomic E-state index is 0.00895. The molecule has 1 aliphatic heterocycles. The molecule has 9 nitrogen and oxygen atoms in total. The maximum absolute atomic E-state index is 12.4. The topological polar surface area (TPSA) is 121 Å². The van der Waals surface area contributed by atoms with Crippen LogP contribution in [0.4, 0.5) is 11.6 Å². The van der Waals surface area contributed by atoms with Gasteiger partial charge in [0.1, 0.15) is 11.3 Å². The fraction of sp³-hybridized carbons (Fsp3) is 0.300. The Labute approximate surface area is 176 Å². The SMILES string of the molecule is Cc1nc(N2CCCCC2)ncc1-c1scc(NC(=O)c2cnccn2)c1C(=O)O. The van der Waals surface area contributed by atoms with Gasteiger partial charge in [-0.3, -0.25) is 9.78 Å². The van der Waals surface area contributed by atoms with E-state index in [-0.39, 0.29) is 16.9 Å². The van der Waals surface area contributed by atoms with Crippen LogP contribution in [0.25, 0.3) is 10.4 Å². The van der Waals surface area contributed by atoms with Gasteiger partial charge in [-0.1, -0.05) is 0 Å². The maximum Gasteiger partial charge on any atom is 0.339 e. The van der Waals surface area contributed by atoms with Crippen LogP contribution in [-0.4, -0.2) is 50.0 Å². The normalized spacial score (nSPS) is 13.8. The van der Waals surface area contributed by atoms with Crippen molar-refractivity contribution in [3.05, 3.63) is 47.1 Å². The molecule has 1 amide bonds. The summed E-state index contributed by atoms with van der Waals surface area (Å²) in [6.45, 7) is 3.70. The highest BCUT2D eigenvalue weighted by Crippen LogP contribution is 2.37. The van der Waals surface area contributed by atoms with Gasteiger partial charge in [0.15, 0.2) is 0 Å². The van der Waals surface area contributed by atoms with E-state index in [1.165, 1.54) is 36.3 Å². The molecule has 3 aromatic rings. The second-order valence-electron chi connectivity index (χ2n) is 6.92. The van der Waals surface area contributed by atoms with Crippen molar-refractivity contribution >= 4 is 34.8 Å². The van der Waals surface area contributed by atoms with E-state index in [0.29, 0.717) is 22.1 Å². The summed E-state index contributed by atoms with van der Waals surface area (Å²) in [6, 6.07) is 0. The van der Waals surface area contributed by atoms with Gasteiger partial charge in [0.05, 0.1) is 22.5 Å². The number of carboxylic acid groups (broad SMARTS) is 1. The molecule has 1 aliphatic rings. The van der Waals surface area contributed by atoms with Crippen molar-refractivity contribution in [3.8, 4) is 10.4 Å². The summed E-state index contributed by atoms with van der Waals surface area (Å²) >= 11 is 1.23. The van der Waals surface area contributed by atoms with Crippen molar-refractivity contribution in [2.75, 3.05) is 23.3 Å². The number of nitrogens with one attached hydrogen (secondary N) is 1. The number of carboxylic acids is 1. The molecule has 0 saturated carbocycles. The molecular formula is C20H20N6O3S. The predicted molar refractivity (Wildman–Crippen MR) is 113 cm³/mol. The van der Waals surface area contributed by atoms with Gasteiger partial charge >= 0.3 is 5.97 Å². The Balaban J connectivity index is 1.64. The van der Waals surface area contributed by atoms with Crippen LogP contribution < -0.4 is 10.2 Å². The van der Waals surface area contributed by atoms with E-state index in [0.717, 1.165) is 25.9 Å². The van der Waals surface area contributed by atoms with Gasteiger partial charge in [-0.15, -0.1) is 11.3 Å². The molecule has 4 heterocycles. The minimum Gasteiger partial charge on any atom is -0.478 e. The molecule has 0 aliphatic carbocycles. The first-order valence-electron chi connectivity index (χ1n) is 9.55. The zero-order chi connectivity index (χ0) is 21.1. The first kappa shape index (κ1) is 19.9. The molecule has 2 N–H and O–H groups in total. The summed E-state index contributed by atoms with van der Waals surface area (Å²) in [7, 11) is 0. The predicted octanol–water partition coefficient (Wildman–Crippen LogP) is 3.24. The van der Waals surface area contributed by atoms with Crippen LogP contribution in [0.5, 0.6) is 0 Å². The lowest BCUT2D eigenvalue weighted by atomic mass is 10.1. The summed E-state index contributed by atoms with van der Waals surface area (Å²) in [5.41, 5.74) is 1.65. The standard InChI is InChI=1S/C20H20N6O3S/c1-12-13(9-23-20(24-12)26-7-3-2-4-8-26)17-16(19(28)29)15(11-30-17)25-18(27)14-10-21-5-6-22-14/h5-6,9-11H,2-4,7-8H2,1H3,(H,25,27)(H,28,29). The number of hydrogen-bond donors (Lipinski definition) is 2. The molecule has 3 aromatic heterocycles. The summed E-state index contributed by atoms with van der Waals surface area (Å²) in [4.78, 5) is 43.9. The van der Waals surface area contributed by atoms with Gasteiger partial charge in [0.25, 0.3) is 5.91 Å². The van der Waals surface area contributed by atoms with Gasteiger partial charge in [0.2, 0.25) is 5.95 Å². The van der Waals surface area contributed by atoms with Crippen LogP contribution in [0.15, 0.2) is 30.2 Å². The number of nitrogens with zero attached hydrogens (tertiary/aromatic N) is 5. The fourth-order valence-corrected chi connectivity index (χ4v) is 4.44. The van der Waals surface area contributed by atoms with Crippen LogP contribution in [0.1, 0.15) is 45.8 Å². The Morgan fingerprint density at radius 2 is 1.93 bits per heavy atom. The summed E-state index contributed by atoms with van der Waals surface area (Å²) in [5.74, 6) is -0.996. The highest BCUT2D eigenvalue weighted by Gasteiger charge is 2.24. The maximum atomic E-state index is 12.4. The zero-order valence-electron chi connectivity index (χ0n) is 16.3. The average molecular weight is 424 g/mol. The number of carbonyl (C=O) groups is 2. The molecule has 0 radical (unpaired) electrons. The lowest BCUT2D eigenvalue weighted by molar-refractivity contribution is 0.0699. The number of piperidine rings is 1. The third kappa shape index (κ3) is 3.99. The third-order valence-corrected chi connectivity index (χ3v) is 5.91. The molecule has 1 fully saturated rings. The van der Waals surface area contributed by atoms with Crippen molar-refractivity contribution in [1.82, 2.24) is 19.9 Å². The number of aromatic carboxylic acids is 1. The first-order chi connectivity index (χ1) is 14.5. The third-order valence-electron chi connectivity index (χ3n) is 4.90. The number of thiophene rings is 1. The number of anilines is 2. The highest BCUT2D eigenvalue weighted by atomic mass is 32.1.